The standard InChI is InChI=1S/C98H66N6/c1-97(2)87-56-53-65-23-15-16-40-82(65)90(87)85-55-52-76(61-88(85)97)72-30-19-28-70(57-72)74-32-21-34-78(59-74)95-101-91(66-24-7-3-8-25-66)99-93(103-95)68-47-43-63(44-48-68)64-45-49-69(50-46-64)94-100-92(67-26-9-4-10-27-67)102-96(104-94)79-35-22-33-75(60-79)71-29-20-31-73(58-71)77-51-54-84-83-41-17-18-42-86(83)98(89(84)62-77,80-36-11-5-12-37-80)81-38-13-6-14-39-81/h3-62H,1-2H3. The Labute approximate surface area is 605 Å². The average molecular weight is 1330 g/mol. The highest BCUT2D eigenvalue weighted by atomic mass is 15.0. The van der Waals surface area contributed by atoms with Gasteiger partial charge < -0.3 is 0 Å². The second-order valence-electron chi connectivity index (χ2n) is 27.7. The summed E-state index contributed by atoms with van der Waals surface area (Å²) in [6.45, 7) is 4.71. The van der Waals surface area contributed by atoms with Crippen molar-refractivity contribution in [2.24, 2.45) is 0 Å². The highest BCUT2D eigenvalue weighted by Gasteiger charge is 2.46. The van der Waals surface area contributed by atoms with E-state index in [1.54, 1.807) is 0 Å². The summed E-state index contributed by atoms with van der Waals surface area (Å²) >= 11 is 0. The average Bonchev–Trinajstić information content (AvgIpc) is 1.54. The first-order chi connectivity index (χ1) is 51.2. The van der Waals surface area contributed by atoms with Crippen LogP contribution in [0, 0.1) is 0 Å². The van der Waals surface area contributed by atoms with E-state index < -0.39 is 5.41 Å². The third-order valence-electron chi connectivity index (χ3n) is 21.3. The molecular weight excluding hydrogens is 1260 g/mol. The van der Waals surface area contributed by atoms with Gasteiger partial charge in [0.2, 0.25) is 0 Å². The molecule has 0 saturated heterocycles. The summed E-state index contributed by atoms with van der Waals surface area (Å²) in [6.07, 6.45) is 0. The van der Waals surface area contributed by atoms with Crippen molar-refractivity contribution >= 4 is 10.8 Å². The number of hydrogen-bond donors (Lipinski definition) is 0. The third kappa shape index (κ3) is 10.7. The second kappa shape index (κ2) is 25.3. The van der Waals surface area contributed by atoms with Crippen LogP contribution in [0.25, 0.3) is 157 Å². The lowest BCUT2D eigenvalue weighted by Crippen LogP contribution is -2.28. The van der Waals surface area contributed by atoms with E-state index >= 15 is 0 Å². The van der Waals surface area contributed by atoms with Crippen LogP contribution in [0.5, 0.6) is 0 Å². The number of nitrogens with zero attached hydrogens (tertiary/aromatic N) is 6. The molecule has 17 aromatic rings. The lowest BCUT2D eigenvalue weighted by molar-refractivity contribution is 0.661. The van der Waals surface area contributed by atoms with Crippen molar-refractivity contribution in [2.45, 2.75) is 24.7 Å². The van der Waals surface area contributed by atoms with E-state index in [-0.39, 0.29) is 5.41 Å². The van der Waals surface area contributed by atoms with Crippen LogP contribution < -0.4 is 0 Å². The quantitative estimate of drug-likeness (QED) is 0.114. The minimum Gasteiger partial charge on any atom is -0.208 e. The maximum absolute atomic E-state index is 5.24. The zero-order chi connectivity index (χ0) is 69.3. The van der Waals surface area contributed by atoms with Gasteiger partial charge in [-0.25, -0.2) is 29.9 Å². The fraction of sp³-hybridized carbons (Fsp3) is 0.0408. The van der Waals surface area contributed by atoms with Crippen molar-refractivity contribution in [1.82, 2.24) is 29.9 Å². The van der Waals surface area contributed by atoms with Gasteiger partial charge in [0.1, 0.15) is 0 Å². The molecule has 488 valence electrons. The first kappa shape index (κ1) is 61.7. The first-order valence-corrected chi connectivity index (χ1v) is 35.5. The van der Waals surface area contributed by atoms with E-state index in [2.05, 4.69) is 317 Å². The highest BCUT2D eigenvalue weighted by molar-refractivity contribution is 6.03. The lowest BCUT2D eigenvalue weighted by Gasteiger charge is -2.34. The fourth-order valence-electron chi connectivity index (χ4n) is 16.1. The van der Waals surface area contributed by atoms with E-state index in [0.29, 0.717) is 34.9 Å². The van der Waals surface area contributed by atoms with E-state index in [0.717, 1.165) is 77.9 Å². The van der Waals surface area contributed by atoms with Crippen LogP contribution >= 0.6 is 0 Å². The molecule has 0 aliphatic heterocycles. The third-order valence-corrected chi connectivity index (χ3v) is 21.3. The van der Waals surface area contributed by atoms with Gasteiger partial charge >= 0.3 is 0 Å². The van der Waals surface area contributed by atoms with Crippen molar-refractivity contribution < 1.29 is 0 Å². The maximum Gasteiger partial charge on any atom is 0.164 e. The van der Waals surface area contributed by atoms with Crippen LogP contribution in [-0.4, -0.2) is 29.9 Å². The molecule has 0 unspecified atom stereocenters. The van der Waals surface area contributed by atoms with Gasteiger partial charge in [0.25, 0.3) is 0 Å². The zero-order valence-electron chi connectivity index (χ0n) is 57.3. The second-order valence-corrected chi connectivity index (χ2v) is 27.7. The zero-order valence-corrected chi connectivity index (χ0v) is 57.3. The summed E-state index contributed by atoms with van der Waals surface area (Å²) in [4.78, 5) is 31.0. The Morgan fingerprint density at radius 3 is 0.981 bits per heavy atom. The SMILES string of the molecule is CC1(C)c2cc(-c3cccc(-c4cccc(-c5nc(-c6ccccc6)nc(-c6ccc(-c7ccc(-c8nc(-c9ccccc9)nc(-c9cccc(-c%10cccc(-c%11ccc%12c(c%11)C(c%11ccccc%11)(c%11ccccc%11)c%11ccccc%11-%12)c%10)c9)n8)cc7)cc6)n5)c4)c3)ccc2-c2c1ccc1ccccc21. The number of aromatic nitrogens is 6. The summed E-state index contributed by atoms with van der Waals surface area (Å²) in [5.74, 6) is 3.58. The molecule has 0 amide bonds. The Morgan fingerprint density at radius 1 is 0.192 bits per heavy atom. The smallest absolute Gasteiger partial charge is 0.164 e. The number of hydrogen-bond acceptors (Lipinski definition) is 6. The summed E-state index contributed by atoms with van der Waals surface area (Å²) in [5, 5.41) is 2.58. The number of benzene rings is 15. The van der Waals surface area contributed by atoms with Crippen molar-refractivity contribution in [3.8, 4) is 146 Å². The Hall–Kier alpha value is -13.4. The molecule has 2 heterocycles. The number of fused-ring (bicyclic) bond motifs is 8. The van der Waals surface area contributed by atoms with Crippen LogP contribution in [0.1, 0.15) is 47.2 Å². The van der Waals surface area contributed by atoms with Gasteiger partial charge in [0, 0.05) is 38.8 Å². The van der Waals surface area contributed by atoms with E-state index in [4.69, 9.17) is 29.9 Å². The molecule has 15 aromatic carbocycles. The molecule has 0 atom stereocenters. The summed E-state index contributed by atoms with van der Waals surface area (Å²) in [6, 6.07) is 130. The Morgan fingerprint density at radius 2 is 0.510 bits per heavy atom. The summed E-state index contributed by atoms with van der Waals surface area (Å²) in [5.41, 5.74) is 28.9. The van der Waals surface area contributed by atoms with E-state index in [9.17, 15) is 0 Å². The van der Waals surface area contributed by atoms with E-state index in [1.807, 2.05) is 60.7 Å². The summed E-state index contributed by atoms with van der Waals surface area (Å²) in [7, 11) is 0. The van der Waals surface area contributed by atoms with Crippen molar-refractivity contribution in [3.05, 3.63) is 397 Å². The van der Waals surface area contributed by atoms with Crippen molar-refractivity contribution in [1.29, 1.82) is 0 Å². The summed E-state index contributed by atoms with van der Waals surface area (Å²) < 4.78 is 0. The Bertz CT molecular complexity index is 6130. The van der Waals surface area contributed by atoms with Crippen LogP contribution in [-0.2, 0) is 10.8 Å². The molecule has 0 saturated carbocycles. The Balaban J connectivity index is 0.606. The van der Waals surface area contributed by atoms with Crippen LogP contribution in [0.4, 0.5) is 0 Å². The first-order valence-electron chi connectivity index (χ1n) is 35.5. The van der Waals surface area contributed by atoms with Crippen LogP contribution in [0.3, 0.4) is 0 Å². The molecule has 0 fully saturated rings. The molecule has 2 aliphatic rings. The molecule has 0 N–H and O–H groups in total. The van der Waals surface area contributed by atoms with Gasteiger partial charge in [0.15, 0.2) is 34.9 Å². The molecular formula is C98H66N6. The minimum atomic E-state index is -0.492. The van der Waals surface area contributed by atoms with Crippen LogP contribution in [0.15, 0.2) is 364 Å². The van der Waals surface area contributed by atoms with E-state index in [1.165, 1.54) is 77.5 Å². The van der Waals surface area contributed by atoms with Crippen molar-refractivity contribution in [2.75, 3.05) is 0 Å². The molecule has 0 bridgehead atoms. The van der Waals surface area contributed by atoms with Gasteiger partial charge in [-0.1, -0.05) is 341 Å². The van der Waals surface area contributed by atoms with Gasteiger partial charge in [-0.3, -0.25) is 0 Å². The molecule has 0 radical (unpaired) electrons. The number of rotatable bonds is 13. The predicted molar refractivity (Wildman–Crippen MR) is 425 cm³/mol. The topological polar surface area (TPSA) is 77.3 Å². The largest absolute Gasteiger partial charge is 0.208 e. The molecule has 6 heteroatoms. The maximum atomic E-state index is 5.24. The molecule has 6 nitrogen and oxygen atoms in total. The van der Waals surface area contributed by atoms with Gasteiger partial charge in [-0.05, 0) is 158 Å². The normalized spacial score (nSPS) is 12.9. The van der Waals surface area contributed by atoms with Gasteiger partial charge in [-0.2, -0.15) is 0 Å². The van der Waals surface area contributed by atoms with Gasteiger partial charge in [-0.15, -0.1) is 0 Å². The molecule has 0 spiro atoms. The molecule has 104 heavy (non-hydrogen) atoms. The lowest BCUT2D eigenvalue weighted by atomic mass is 9.67. The molecule has 2 aromatic heterocycles. The predicted octanol–water partition coefficient (Wildman–Crippen LogP) is 24.2. The monoisotopic (exact) mass is 1330 g/mol. The minimum absolute atomic E-state index is 0.134. The molecule has 19 rings (SSSR count). The fourth-order valence-corrected chi connectivity index (χ4v) is 16.1. The van der Waals surface area contributed by atoms with Gasteiger partial charge in [0.05, 0.1) is 5.41 Å². The van der Waals surface area contributed by atoms with Crippen LogP contribution in [0.2, 0.25) is 0 Å². The Kier molecular flexibility index (Phi) is 15.0. The molecule has 2 aliphatic carbocycles. The highest BCUT2D eigenvalue weighted by Crippen LogP contribution is 2.57. The van der Waals surface area contributed by atoms with Crippen molar-refractivity contribution in [3.63, 3.8) is 0 Å².